The molecule has 1 amide bonds. The van der Waals surface area contributed by atoms with Crippen molar-refractivity contribution in [3.05, 3.63) is 94.8 Å². The van der Waals surface area contributed by atoms with Gasteiger partial charge in [-0.15, -0.1) is 0 Å². The van der Waals surface area contributed by atoms with Crippen molar-refractivity contribution in [1.82, 2.24) is 15.6 Å². The molecule has 2 aromatic carbocycles. The van der Waals surface area contributed by atoms with Crippen LogP contribution in [0, 0.1) is 23.3 Å². The number of rotatable bonds is 10. The highest BCUT2D eigenvalue weighted by atomic mass is 32.2. The van der Waals surface area contributed by atoms with E-state index in [0.29, 0.717) is 18.2 Å². The van der Waals surface area contributed by atoms with Crippen LogP contribution in [0.5, 0.6) is 0 Å². The number of halogens is 7. The zero-order valence-electron chi connectivity index (χ0n) is 22.4. The topological polar surface area (TPSA) is 100 Å². The van der Waals surface area contributed by atoms with Crippen molar-refractivity contribution in [3.63, 3.8) is 0 Å². The fourth-order valence-electron chi connectivity index (χ4n) is 5.07. The molecule has 0 unspecified atom stereocenters. The first-order chi connectivity index (χ1) is 20.2. The van der Waals surface area contributed by atoms with E-state index in [1.807, 2.05) is 0 Å². The first-order valence-electron chi connectivity index (χ1n) is 13.1. The van der Waals surface area contributed by atoms with E-state index in [2.05, 4.69) is 20.9 Å². The minimum Gasteiger partial charge on any atom is -0.324 e. The van der Waals surface area contributed by atoms with Crippen LogP contribution in [0.4, 0.5) is 36.4 Å². The van der Waals surface area contributed by atoms with Crippen LogP contribution in [0.2, 0.25) is 0 Å². The number of alkyl halides is 3. The molecular formula is C28H27F7N4O3S. The Hall–Kier alpha value is -3.56. The zero-order valence-corrected chi connectivity index (χ0v) is 23.3. The summed E-state index contributed by atoms with van der Waals surface area (Å²) in [5.41, 5.74) is 0.0595. The van der Waals surface area contributed by atoms with Crippen molar-refractivity contribution in [3.8, 4) is 0 Å². The van der Waals surface area contributed by atoms with E-state index in [1.54, 1.807) is 0 Å². The van der Waals surface area contributed by atoms with Crippen LogP contribution in [0.15, 0.2) is 54.9 Å². The average molecular weight is 633 g/mol. The molecule has 7 nitrogen and oxygen atoms in total. The van der Waals surface area contributed by atoms with Crippen molar-refractivity contribution in [2.75, 3.05) is 30.7 Å². The summed E-state index contributed by atoms with van der Waals surface area (Å²) in [5.74, 6) is -7.12. The molecule has 232 valence electrons. The van der Waals surface area contributed by atoms with Gasteiger partial charge in [-0.05, 0) is 48.2 Å². The predicted molar refractivity (Wildman–Crippen MR) is 144 cm³/mol. The van der Waals surface area contributed by atoms with Gasteiger partial charge in [0.25, 0.3) is 0 Å². The number of hydrogen-bond acceptors (Lipinski definition) is 6. The minimum absolute atomic E-state index is 0.0466. The molecule has 15 heteroatoms. The third kappa shape index (κ3) is 8.09. The highest BCUT2D eigenvalue weighted by Gasteiger charge is 2.49. The van der Waals surface area contributed by atoms with Crippen LogP contribution in [-0.2, 0) is 21.1 Å². The average Bonchev–Trinajstić information content (AvgIpc) is 2.90. The molecule has 4 rings (SSSR count). The van der Waals surface area contributed by atoms with Gasteiger partial charge in [-0.3, -0.25) is 15.1 Å². The molecule has 43 heavy (non-hydrogen) atoms. The number of piperazine rings is 1. The van der Waals surface area contributed by atoms with Crippen LogP contribution in [-0.4, -0.2) is 55.7 Å². The second-order valence-electron chi connectivity index (χ2n) is 10.2. The lowest BCUT2D eigenvalue weighted by atomic mass is 9.88. The Labute approximate surface area is 242 Å². The SMILES string of the molecule is O=C(C[C@@H](c1ccc(F)cc1)c1cc(F)cc(F)c1)Nc1cncc(F)c1CC[C@]1(S(=O)(=O)CC(F)(F)F)CNCCN1. The minimum atomic E-state index is -5.00. The first kappa shape index (κ1) is 32.4. The van der Waals surface area contributed by atoms with E-state index in [4.69, 9.17) is 0 Å². The number of carbonyl (C=O) groups excluding carboxylic acids is 1. The Balaban J connectivity index is 1.59. The number of nitrogens with one attached hydrogen (secondary N) is 3. The number of carbonyl (C=O) groups is 1. The van der Waals surface area contributed by atoms with Gasteiger partial charge in [0.2, 0.25) is 5.91 Å². The van der Waals surface area contributed by atoms with E-state index >= 15 is 0 Å². The quantitative estimate of drug-likeness (QED) is 0.283. The lowest BCUT2D eigenvalue weighted by Gasteiger charge is -2.38. The predicted octanol–water partition coefficient (Wildman–Crippen LogP) is 4.60. The summed E-state index contributed by atoms with van der Waals surface area (Å²) < 4.78 is 122. The van der Waals surface area contributed by atoms with Crippen molar-refractivity contribution >= 4 is 21.4 Å². The number of benzene rings is 2. The maximum atomic E-state index is 15.0. The Morgan fingerprint density at radius 2 is 1.63 bits per heavy atom. The number of aromatic nitrogens is 1. The fourth-order valence-corrected chi connectivity index (χ4v) is 6.84. The van der Waals surface area contributed by atoms with Crippen molar-refractivity contribution < 1.29 is 43.9 Å². The lowest BCUT2D eigenvalue weighted by molar-refractivity contribution is -0.116. The molecule has 0 spiro atoms. The third-order valence-corrected chi connectivity index (χ3v) is 9.51. The van der Waals surface area contributed by atoms with Gasteiger partial charge in [0.15, 0.2) is 9.84 Å². The van der Waals surface area contributed by atoms with Gasteiger partial charge in [0, 0.05) is 43.6 Å². The molecule has 1 fully saturated rings. The number of sulfone groups is 1. The molecule has 1 aliphatic rings. The molecular weight excluding hydrogens is 605 g/mol. The molecule has 1 saturated heterocycles. The van der Waals surface area contributed by atoms with Crippen LogP contribution in [0.1, 0.15) is 35.4 Å². The van der Waals surface area contributed by atoms with Crippen molar-refractivity contribution in [2.24, 2.45) is 0 Å². The number of nitrogens with zero attached hydrogens (tertiary/aromatic N) is 1. The molecule has 2 heterocycles. The third-order valence-electron chi connectivity index (χ3n) is 7.12. The van der Waals surface area contributed by atoms with E-state index < -0.39 is 81.0 Å². The molecule has 2 atom stereocenters. The van der Waals surface area contributed by atoms with Crippen LogP contribution >= 0.6 is 0 Å². The number of pyridine rings is 1. The summed E-state index contributed by atoms with van der Waals surface area (Å²) in [4.78, 5) is 14.8. The Bertz CT molecular complexity index is 1540. The lowest BCUT2D eigenvalue weighted by Crippen LogP contribution is -2.64. The molecule has 1 aliphatic heterocycles. The van der Waals surface area contributed by atoms with Crippen LogP contribution < -0.4 is 16.0 Å². The monoisotopic (exact) mass is 632 g/mol. The summed E-state index contributed by atoms with van der Waals surface area (Å²) in [6.07, 6.45) is -4.40. The second-order valence-corrected chi connectivity index (χ2v) is 12.5. The van der Waals surface area contributed by atoms with Crippen LogP contribution in [0.3, 0.4) is 0 Å². The van der Waals surface area contributed by atoms with Gasteiger partial charge in [-0.2, -0.15) is 13.2 Å². The molecule has 0 bridgehead atoms. The molecule has 3 N–H and O–H groups in total. The summed E-state index contributed by atoms with van der Waals surface area (Å²) in [6, 6.07) is 7.60. The maximum Gasteiger partial charge on any atom is 0.402 e. The van der Waals surface area contributed by atoms with Gasteiger partial charge in [-0.25, -0.2) is 26.0 Å². The second kappa shape index (κ2) is 13.0. The Morgan fingerprint density at radius 1 is 0.953 bits per heavy atom. The highest BCUT2D eigenvalue weighted by Crippen LogP contribution is 2.33. The van der Waals surface area contributed by atoms with Crippen molar-refractivity contribution in [1.29, 1.82) is 0 Å². The van der Waals surface area contributed by atoms with Gasteiger partial charge in [-0.1, -0.05) is 12.1 Å². The van der Waals surface area contributed by atoms with E-state index in [9.17, 15) is 43.9 Å². The van der Waals surface area contributed by atoms with Crippen molar-refractivity contribution in [2.45, 2.75) is 36.2 Å². The molecule has 0 aliphatic carbocycles. The fraction of sp³-hybridized carbons (Fsp3) is 0.357. The number of anilines is 1. The summed E-state index contributed by atoms with van der Waals surface area (Å²) in [5, 5.41) is 7.90. The molecule has 0 saturated carbocycles. The largest absolute Gasteiger partial charge is 0.402 e. The smallest absolute Gasteiger partial charge is 0.324 e. The van der Waals surface area contributed by atoms with Gasteiger partial charge in [0.1, 0.15) is 33.9 Å². The Kier molecular flexibility index (Phi) is 9.76. The summed E-state index contributed by atoms with van der Waals surface area (Å²) in [6.45, 7) is -0.00699. The highest BCUT2D eigenvalue weighted by molar-refractivity contribution is 7.92. The zero-order chi connectivity index (χ0) is 31.4. The first-order valence-corrected chi connectivity index (χ1v) is 14.7. The van der Waals surface area contributed by atoms with E-state index in [-0.39, 0.29) is 29.9 Å². The Morgan fingerprint density at radius 3 is 2.23 bits per heavy atom. The summed E-state index contributed by atoms with van der Waals surface area (Å²) >= 11 is 0. The normalized spacial score (nSPS) is 18.3. The summed E-state index contributed by atoms with van der Waals surface area (Å²) in [7, 11) is -4.82. The van der Waals surface area contributed by atoms with E-state index in [1.165, 1.54) is 12.1 Å². The molecule has 1 aromatic heterocycles. The number of hydrogen-bond donors (Lipinski definition) is 3. The molecule has 0 radical (unpaired) electrons. The maximum absolute atomic E-state index is 15.0. The standard InChI is InChI=1S/C28H27F7N4O3S/c29-19-3-1-17(2-4-19)23(18-9-20(30)11-21(31)10-18)12-26(40)39-25-14-37-13-24(32)22(25)5-6-27(15-36-7-8-38-27)43(41,42)16-28(33,34)35/h1-4,9-11,13-14,23,36,38H,5-8,12,15-16H2,(H,39,40)/t23-,27-/m0/s1. The van der Waals surface area contributed by atoms with Crippen LogP contribution in [0.25, 0.3) is 0 Å². The van der Waals surface area contributed by atoms with Gasteiger partial charge < -0.3 is 10.6 Å². The molecule has 3 aromatic rings. The van der Waals surface area contributed by atoms with E-state index in [0.717, 1.165) is 36.7 Å². The van der Waals surface area contributed by atoms with Gasteiger partial charge >= 0.3 is 6.18 Å². The van der Waals surface area contributed by atoms with Gasteiger partial charge in [0.05, 0.1) is 18.1 Å². The number of amides is 1.